The summed E-state index contributed by atoms with van der Waals surface area (Å²) in [7, 11) is 3.30. The third-order valence-corrected chi connectivity index (χ3v) is 3.22. The van der Waals surface area contributed by atoms with Gasteiger partial charge in [0.1, 0.15) is 0 Å². The van der Waals surface area contributed by atoms with E-state index in [9.17, 15) is 4.79 Å². The number of hydrogen-bond donors (Lipinski definition) is 1. The highest BCUT2D eigenvalue weighted by atomic mass is 16.5. The van der Waals surface area contributed by atoms with Gasteiger partial charge < -0.3 is 19.8 Å². The van der Waals surface area contributed by atoms with Gasteiger partial charge in [0.25, 0.3) is 5.91 Å². The number of nitrogens with one attached hydrogen (secondary N) is 1. The molecule has 128 valence electrons. The van der Waals surface area contributed by atoms with Crippen LogP contribution in [-0.4, -0.2) is 50.9 Å². The van der Waals surface area contributed by atoms with Crippen molar-refractivity contribution in [1.29, 1.82) is 0 Å². The van der Waals surface area contributed by atoms with Crippen LogP contribution in [0.15, 0.2) is 23.3 Å². The second-order valence-corrected chi connectivity index (χ2v) is 5.06. The number of carbonyl (C=O) groups is 1. The molecule has 1 amide bonds. The van der Waals surface area contributed by atoms with Gasteiger partial charge in [-0.05, 0) is 36.6 Å². The summed E-state index contributed by atoms with van der Waals surface area (Å²) in [5.74, 6) is 1.13. The lowest BCUT2D eigenvalue weighted by Gasteiger charge is -2.21. The summed E-state index contributed by atoms with van der Waals surface area (Å²) in [5.41, 5.74) is 3.57. The van der Waals surface area contributed by atoms with E-state index in [-0.39, 0.29) is 12.5 Å². The van der Waals surface area contributed by atoms with Crippen LogP contribution in [0.25, 0.3) is 0 Å². The van der Waals surface area contributed by atoms with Gasteiger partial charge in [0, 0.05) is 20.1 Å². The molecule has 0 aliphatic carbocycles. The average molecular weight is 321 g/mol. The van der Waals surface area contributed by atoms with Gasteiger partial charge in [-0.2, -0.15) is 5.10 Å². The average Bonchev–Trinajstić information content (AvgIpc) is 2.57. The lowest BCUT2D eigenvalue weighted by molar-refractivity contribution is -0.133. The summed E-state index contributed by atoms with van der Waals surface area (Å²) in [6.07, 6.45) is 3.56. The standard InChI is InChI=1S/C17H27N3O3/c1-5-9-20(10-6-2)17(21)13-23-15-8-7-14(12-19-18-3)11-16(15)22-4/h7-8,11-12,18H,5-6,9-10,13H2,1-4H3. The van der Waals surface area contributed by atoms with Gasteiger partial charge in [-0.25, -0.2) is 0 Å². The minimum atomic E-state index is -0.00317. The fraction of sp³-hybridized carbons (Fsp3) is 0.529. The number of benzene rings is 1. The van der Waals surface area contributed by atoms with E-state index in [0.717, 1.165) is 31.5 Å². The van der Waals surface area contributed by atoms with Gasteiger partial charge in [-0.3, -0.25) is 4.79 Å². The second kappa shape index (κ2) is 10.5. The fourth-order valence-corrected chi connectivity index (χ4v) is 2.15. The Kier molecular flexibility index (Phi) is 8.57. The molecule has 0 bridgehead atoms. The van der Waals surface area contributed by atoms with Crippen molar-refractivity contribution < 1.29 is 14.3 Å². The van der Waals surface area contributed by atoms with Gasteiger partial charge in [-0.1, -0.05) is 13.8 Å². The molecule has 1 N–H and O–H groups in total. The molecule has 0 heterocycles. The summed E-state index contributed by atoms with van der Waals surface area (Å²) in [6.45, 7) is 5.65. The molecule has 0 radical (unpaired) electrons. The molecule has 0 aliphatic rings. The lowest BCUT2D eigenvalue weighted by Crippen LogP contribution is -2.36. The second-order valence-electron chi connectivity index (χ2n) is 5.06. The van der Waals surface area contributed by atoms with Gasteiger partial charge in [0.05, 0.1) is 13.3 Å². The molecule has 0 saturated carbocycles. The fourth-order valence-electron chi connectivity index (χ4n) is 2.15. The molecular weight excluding hydrogens is 294 g/mol. The van der Waals surface area contributed by atoms with Crippen LogP contribution in [-0.2, 0) is 4.79 Å². The maximum Gasteiger partial charge on any atom is 0.260 e. The molecule has 1 rings (SSSR count). The van der Waals surface area contributed by atoms with Crippen LogP contribution in [0.3, 0.4) is 0 Å². The maximum absolute atomic E-state index is 12.2. The highest BCUT2D eigenvalue weighted by molar-refractivity contribution is 5.81. The van der Waals surface area contributed by atoms with Crippen molar-refractivity contribution in [2.24, 2.45) is 5.10 Å². The van der Waals surface area contributed by atoms with Crippen molar-refractivity contribution in [2.75, 3.05) is 33.9 Å². The first-order valence-corrected chi connectivity index (χ1v) is 7.94. The number of carbonyl (C=O) groups excluding carboxylic acids is 1. The third kappa shape index (κ3) is 6.18. The molecule has 6 heteroatoms. The van der Waals surface area contributed by atoms with Gasteiger partial charge in [0.15, 0.2) is 18.1 Å². The van der Waals surface area contributed by atoms with Gasteiger partial charge in [0.2, 0.25) is 0 Å². The summed E-state index contributed by atoms with van der Waals surface area (Å²) in [4.78, 5) is 14.1. The molecule has 0 aromatic heterocycles. The Morgan fingerprint density at radius 3 is 2.52 bits per heavy atom. The first-order chi connectivity index (χ1) is 11.2. The van der Waals surface area contributed by atoms with Crippen LogP contribution < -0.4 is 14.9 Å². The van der Waals surface area contributed by atoms with Crippen molar-refractivity contribution in [1.82, 2.24) is 10.3 Å². The van der Waals surface area contributed by atoms with E-state index >= 15 is 0 Å². The van der Waals surface area contributed by atoms with E-state index in [4.69, 9.17) is 9.47 Å². The number of nitrogens with zero attached hydrogens (tertiary/aromatic N) is 2. The monoisotopic (exact) mass is 321 g/mol. The minimum Gasteiger partial charge on any atom is -0.493 e. The summed E-state index contributed by atoms with van der Waals surface area (Å²) in [6, 6.07) is 5.46. The van der Waals surface area contributed by atoms with Crippen LogP contribution in [0.2, 0.25) is 0 Å². The molecule has 1 aromatic carbocycles. The smallest absolute Gasteiger partial charge is 0.260 e. The SMILES string of the molecule is CCCN(CCC)C(=O)COc1ccc(C=NNC)cc1OC. The minimum absolute atomic E-state index is 0.00317. The molecule has 0 unspecified atom stereocenters. The molecule has 0 saturated heterocycles. The predicted octanol–water partition coefficient (Wildman–Crippen LogP) is 2.28. The first kappa shape index (κ1) is 18.8. The van der Waals surface area contributed by atoms with E-state index in [2.05, 4.69) is 24.4 Å². The molecular formula is C17H27N3O3. The van der Waals surface area contributed by atoms with E-state index in [0.29, 0.717) is 11.5 Å². The van der Waals surface area contributed by atoms with Gasteiger partial charge >= 0.3 is 0 Å². The first-order valence-electron chi connectivity index (χ1n) is 7.94. The largest absolute Gasteiger partial charge is 0.493 e. The van der Waals surface area contributed by atoms with Crippen molar-refractivity contribution in [3.8, 4) is 11.5 Å². The maximum atomic E-state index is 12.2. The summed E-state index contributed by atoms with van der Waals surface area (Å²) in [5, 5.41) is 3.95. The van der Waals surface area contributed by atoms with Crippen molar-refractivity contribution in [3.63, 3.8) is 0 Å². The quantitative estimate of drug-likeness (QED) is 0.530. The number of amides is 1. The topological polar surface area (TPSA) is 63.2 Å². The summed E-state index contributed by atoms with van der Waals surface area (Å²) < 4.78 is 11.0. The van der Waals surface area contributed by atoms with Crippen molar-refractivity contribution in [3.05, 3.63) is 23.8 Å². The highest BCUT2D eigenvalue weighted by Gasteiger charge is 2.14. The highest BCUT2D eigenvalue weighted by Crippen LogP contribution is 2.27. The van der Waals surface area contributed by atoms with Crippen molar-refractivity contribution in [2.45, 2.75) is 26.7 Å². The molecule has 0 aliphatic heterocycles. The Bertz CT molecular complexity index is 512. The number of rotatable bonds is 10. The molecule has 23 heavy (non-hydrogen) atoms. The molecule has 0 spiro atoms. The van der Waals surface area contributed by atoms with Crippen LogP contribution in [0.1, 0.15) is 32.3 Å². The zero-order valence-electron chi connectivity index (χ0n) is 14.5. The zero-order valence-corrected chi connectivity index (χ0v) is 14.5. The molecule has 1 aromatic rings. The third-order valence-electron chi connectivity index (χ3n) is 3.22. The molecule has 6 nitrogen and oxygen atoms in total. The van der Waals surface area contributed by atoms with E-state index in [1.807, 2.05) is 17.0 Å². The van der Waals surface area contributed by atoms with E-state index < -0.39 is 0 Å². The zero-order chi connectivity index (χ0) is 17.1. The Hall–Kier alpha value is -2.24. The van der Waals surface area contributed by atoms with E-state index in [1.54, 1.807) is 26.4 Å². The van der Waals surface area contributed by atoms with Crippen LogP contribution in [0.5, 0.6) is 11.5 Å². The number of methoxy groups -OCH3 is 1. The summed E-state index contributed by atoms with van der Waals surface area (Å²) >= 11 is 0. The Morgan fingerprint density at radius 1 is 1.26 bits per heavy atom. The predicted molar refractivity (Wildman–Crippen MR) is 92.3 cm³/mol. The van der Waals surface area contributed by atoms with Crippen LogP contribution in [0.4, 0.5) is 0 Å². The van der Waals surface area contributed by atoms with Crippen LogP contribution in [0, 0.1) is 0 Å². The molecule has 0 fully saturated rings. The molecule has 0 atom stereocenters. The Balaban J connectivity index is 2.72. The number of hydrogen-bond acceptors (Lipinski definition) is 5. The Labute approximate surface area is 138 Å². The van der Waals surface area contributed by atoms with Crippen molar-refractivity contribution >= 4 is 12.1 Å². The normalized spacial score (nSPS) is 10.6. The number of ether oxygens (including phenoxy) is 2. The van der Waals surface area contributed by atoms with E-state index in [1.165, 1.54) is 0 Å². The Morgan fingerprint density at radius 2 is 1.96 bits per heavy atom. The lowest BCUT2D eigenvalue weighted by atomic mass is 10.2. The van der Waals surface area contributed by atoms with Crippen LogP contribution >= 0.6 is 0 Å². The van der Waals surface area contributed by atoms with Gasteiger partial charge in [-0.15, -0.1) is 0 Å². The number of hydrazone groups is 1.